The molecule has 326 valence electrons. The normalized spacial score (nSPS) is 23.7. The van der Waals surface area contributed by atoms with Crippen molar-refractivity contribution in [2.75, 3.05) is 33.8 Å². The van der Waals surface area contributed by atoms with Crippen LogP contribution in [0.25, 0.3) is 22.2 Å². The first-order valence-electron chi connectivity index (χ1n) is 21.0. The van der Waals surface area contributed by atoms with E-state index in [9.17, 15) is 27.9 Å². The first kappa shape index (κ1) is 43.7. The Morgan fingerprint density at radius 1 is 1.05 bits per heavy atom. The summed E-state index contributed by atoms with van der Waals surface area (Å²) in [5.74, 6) is -2.53. The maximum absolute atomic E-state index is 15.0. The molecular weight excluding hydrogens is 801 g/mol. The summed E-state index contributed by atoms with van der Waals surface area (Å²) in [6.07, 6.45) is 3.00. The SMILES string of the molecule is C=C[C@@H]1C[C@]1(NC(=O)[C@@H]1C[C@@H](Oc2cc(-c3ccccc3)nc3cc(OC)ccc23)CN1C(=O)[C@@H](CC(=O)N1CCC(C(=O)NC)CC1)C(C)(C)C)C(=O)N(C1CC1)S(=O)[O-]. The van der Waals surface area contributed by atoms with Crippen molar-refractivity contribution < 1.29 is 42.2 Å². The molecule has 2 saturated heterocycles. The first-order valence-corrected chi connectivity index (χ1v) is 22.0. The van der Waals surface area contributed by atoms with Gasteiger partial charge in [0.25, 0.3) is 5.91 Å². The van der Waals surface area contributed by atoms with E-state index in [-0.39, 0.29) is 43.5 Å². The van der Waals surface area contributed by atoms with Crippen molar-refractivity contribution in [2.24, 2.45) is 23.2 Å². The van der Waals surface area contributed by atoms with E-state index in [4.69, 9.17) is 14.5 Å². The minimum absolute atomic E-state index is 0.0134. The number of pyridine rings is 1. The summed E-state index contributed by atoms with van der Waals surface area (Å²) in [4.78, 5) is 77.9. The largest absolute Gasteiger partial charge is 0.755 e. The predicted molar refractivity (Wildman–Crippen MR) is 227 cm³/mol. The zero-order chi connectivity index (χ0) is 43.8. The molecule has 6 atom stereocenters. The van der Waals surface area contributed by atoms with E-state index in [0.717, 1.165) is 9.87 Å². The number of aromatic nitrogens is 1. The van der Waals surface area contributed by atoms with E-state index in [2.05, 4.69) is 17.2 Å². The highest BCUT2D eigenvalue weighted by atomic mass is 32.2. The number of benzene rings is 2. The van der Waals surface area contributed by atoms with Gasteiger partial charge in [-0.25, -0.2) is 4.98 Å². The zero-order valence-corrected chi connectivity index (χ0v) is 36.2. The molecule has 16 heteroatoms. The van der Waals surface area contributed by atoms with E-state index in [1.807, 2.05) is 69.3 Å². The van der Waals surface area contributed by atoms with E-state index < -0.39 is 70.0 Å². The van der Waals surface area contributed by atoms with Crippen LogP contribution >= 0.6 is 0 Å². The van der Waals surface area contributed by atoms with Crippen LogP contribution in [0.3, 0.4) is 0 Å². The van der Waals surface area contributed by atoms with Crippen LogP contribution in [0.5, 0.6) is 11.5 Å². The number of carbonyl (C=O) groups excluding carboxylic acids is 5. The third-order valence-electron chi connectivity index (χ3n) is 12.6. The lowest BCUT2D eigenvalue weighted by Gasteiger charge is -2.37. The van der Waals surface area contributed by atoms with Crippen LogP contribution < -0.4 is 20.1 Å². The molecule has 2 N–H and O–H groups in total. The lowest BCUT2D eigenvalue weighted by molar-refractivity contribution is -0.149. The summed E-state index contributed by atoms with van der Waals surface area (Å²) in [6.45, 7) is 10.2. The maximum Gasteiger partial charge on any atom is 0.260 e. The Kier molecular flexibility index (Phi) is 12.6. The molecule has 61 heavy (non-hydrogen) atoms. The summed E-state index contributed by atoms with van der Waals surface area (Å²) in [5.41, 5.74) is -0.156. The quantitative estimate of drug-likeness (QED) is 0.176. The van der Waals surface area contributed by atoms with Crippen molar-refractivity contribution in [3.05, 3.63) is 67.3 Å². The molecule has 5 amide bonds. The molecular formula is C45H55N6O9S-. The highest BCUT2D eigenvalue weighted by Crippen LogP contribution is 2.48. The highest BCUT2D eigenvalue weighted by molar-refractivity contribution is 7.77. The second-order valence-electron chi connectivity index (χ2n) is 17.7. The molecule has 7 rings (SSSR count). The van der Waals surface area contributed by atoms with Crippen LogP contribution in [-0.2, 0) is 35.2 Å². The summed E-state index contributed by atoms with van der Waals surface area (Å²) in [7, 11) is 3.17. The van der Waals surface area contributed by atoms with Crippen molar-refractivity contribution in [3.63, 3.8) is 0 Å². The van der Waals surface area contributed by atoms with Gasteiger partial charge >= 0.3 is 0 Å². The van der Waals surface area contributed by atoms with Gasteiger partial charge in [0, 0.05) is 73.9 Å². The van der Waals surface area contributed by atoms with Gasteiger partial charge in [0.1, 0.15) is 29.2 Å². The van der Waals surface area contributed by atoms with Crippen molar-refractivity contribution >= 4 is 51.7 Å². The maximum atomic E-state index is 15.0. The summed E-state index contributed by atoms with van der Waals surface area (Å²) in [5, 5.41) is 6.27. The Balaban J connectivity index is 1.20. The van der Waals surface area contributed by atoms with Gasteiger partial charge in [-0.15, -0.1) is 6.58 Å². The van der Waals surface area contributed by atoms with Crippen LogP contribution in [0.2, 0.25) is 0 Å². The van der Waals surface area contributed by atoms with Crippen LogP contribution in [-0.4, -0.2) is 115 Å². The van der Waals surface area contributed by atoms with E-state index in [1.54, 1.807) is 25.1 Å². The number of nitrogens with zero attached hydrogens (tertiary/aromatic N) is 4. The van der Waals surface area contributed by atoms with Crippen molar-refractivity contribution in [1.82, 2.24) is 29.7 Å². The molecule has 2 aliphatic carbocycles. The number of hydrogen-bond donors (Lipinski definition) is 2. The Bertz CT molecular complexity index is 2220. The van der Waals surface area contributed by atoms with Gasteiger partial charge in [-0.3, -0.25) is 32.5 Å². The Labute approximate surface area is 359 Å². The number of carbonyl (C=O) groups is 5. The number of likely N-dealkylation sites (tertiary alicyclic amines) is 2. The van der Waals surface area contributed by atoms with Gasteiger partial charge in [-0.05, 0) is 49.7 Å². The predicted octanol–water partition coefficient (Wildman–Crippen LogP) is 4.14. The van der Waals surface area contributed by atoms with E-state index >= 15 is 4.79 Å². The van der Waals surface area contributed by atoms with Gasteiger partial charge < -0.3 is 34.5 Å². The Morgan fingerprint density at radius 3 is 2.34 bits per heavy atom. The van der Waals surface area contributed by atoms with E-state index in [0.29, 0.717) is 66.9 Å². The van der Waals surface area contributed by atoms with Crippen LogP contribution in [0, 0.1) is 23.2 Å². The van der Waals surface area contributed by atoms with Gasteiger partial charge in [0.15, 0.2) is 0 Å². The van der Waals surface area contributed by atoms with Gasteiger partial charge in [-0.2, -0.15) is 0 Å². The monoisotopic (exact) mass is 855 g/mol. The number of piperidine rings is 1. The van der Waals surface area contributed by atoms with Crippen molar-refractivity contribution in [1.29, 1.82) is 0 Å². The van der Waals surface area contributed by atoms with E-state index in [1.165, 1.54) is 11.0 Å². The molecule has 0 bridgehead atoms. The van der Waals surface area contributed by atoms with Gasteiger partial charge in [-0.1, -0.05) is 57.2 Å². The topological polar surface area (TPSA) is 191 Å². The smallest absolute Gasteiger partial charge is 0.260 e. The fourth-order valence-corrected chi connectivity index (χ4v) is 9.51. The average molecular weight is 856 g/mol. The molecule has 1 unspecified atom stereocenters. The third-order valence-corrected chi connectivity index (χ3v) is 13.4. The number of nitrogens with one attached hydrogen (secondary N) is 2. The summed E-state index contributed by atoms with van der Waals surface area (Å²) >= 11 is -2.85. The molecule has 2 aliphatic heterocycles. The number of ether oxygens (including phenoxy) is 2. The first-order chi connectivity index (χ1) is 29.1. The standard InChI is InChI=1S/C45H56N6O9S/c1-7-29-25-45(29,43(56)51(61(57)58)30-13-14-30)48-41(54)37-22-32(60-38-24-35(27-11-9-8-10-12-27)47-36-21-31(59-6)15-16-33(36)38)26-50(37)42(55)34(44(2,3)4)23-39(52)49-19-17-28(18-20-49)40(53)46-5/h7-12,15-16,21,24,28-30,32,34,37H,1,13-14,17-20,22-23,25-26H2,2-6H3,(H,46,53)(H,48,54)(H,57,58)/p-1/t29-,32-,34-,37+,45-/m1/s1. The number of fused-ring (bicyclic) bond motifs is 1. The molecule has 0 spiro atoms. The molecule has 2 aromatic carbocycles. The van der Waals surface area contributed by atoms with Crippen LogP contribution in [0.4, 0.5) is 0 Å². The Morgan fingerprint density at radius 2 is 1.75 bits per heavy atom. The minimum Gasteiger partial charge on any atom is -0.755 e. The summed E-state index contributed by atoms with van der Waals surface area (Å²) in [6, 6.07) is 15.3. The van der Waals surface area contributed by atoms with Gasteiger partial charge in [0.05, 0.1) is 42.0 Å². The molecule has 3 aromatic rings. The molecule has 4 aliphatic rings. The number of amides is 5. The molecule has 4 fully saturated rings. The highest BCUT2D eigenvalue weighted by Gasteiger charge is 2.63. The lowest BCUT2D eigenvalue weighted by Crippen LogP contribution is -2.57. The number of methoxy groups -OCH3 is 1. The van der Waals surface area contributed by atoms with Crippen LogP contribution in [0.1, 0.15) is 65.7 Å². The zero-order valence-electron chi connectivity index (χ0n) is 35.4. The molecule has 0 radical (unpaired) electrons. The van der Waals surface area contributed by atoms with Crippen molar-refractivity contribution in [2.45, 2.75) is 89.4 Å². The fraction of sp³-hybridized carbons (Fsp3) is 0.511. The third kappa shape index (κ3) is 9.15. The molecule has 1 aromatic heterocycles. The summed E-state index contributed by atoms with van der Waals surface area (Å²) < 4.78 is 37.7. The van der Waals surface area contributed by atoms with Crippen LogP contribution in [0.15, 0.2) is 67.3 Å². The second kappa shape index (κ2) is 17.6. The molecule has 15 nitrogen and oxygen atoms in total. The number of hydrogen-bond acceptors (Lipinski definition) is 10. The van der Waals surface area contributed by atoms with Crippen molar-refractivity contribution in [3.8, 4) is 22.8 Å². The fourth-order valence-electron chi connectivity index (χ4n) is 8.75. The van der Waals surface area contributed by atoms with Gasteiger partial charge in [0.2, 0.25) is 23.6 Å². The Hall–Kier alpha value is -5.35. The molecule has 2 saturated carbocycles. The lowest BCUT2D eigenvalue weighted by atomic mass is 9.77. The molecule has 3 heterocycles. The second-order valence-corrected chi connectivity index (χ2v) is 18.5. The average Bonchev–Trinajstić information content (AvgIpc) is 4.18. The number of rotatable bonds is 14. The minimum atomic E-state index is -2.85.